The molecule has 0 unspecified atom stereocenters. The lowest BCUT2D eigenvalue weighted by Gasteiger charge is -2.05. The minimum Gasteiger partial charge on any atom is -0.403 e. The van der Waals surface area contributed by atoms with E-state index in [2.05, 4.69) is 15.5 Å². The first-order valence-electron chi connectivity index (χ1n) is 8.02. The van der Waals surface area contributed by atoms with E-state index in [1.54, 1.807) is 17.8 Å². The average Bonchev–Trinajstić information content (AvgIpc) is 3.15. The van der Waals surface area contributed by atoms with Gasteiger partial charge in [0.25, 0.3) is 11.8 Å². The molecular formula is C20H15N3O2S. The van der Waals surface area contributed by atoms with E-state index in [0.717, 1.165) is 21.2 Å². The molecule has 1 amide bonds. The van der Waals surface area contributed by atoms with Crippen molar-refractivity contribution in [3.05, 3.63) is 72.3 Å². The summed E-state index contributed by atoms with van der Waals surface area (Å²) in [5.74, 6) is 0.0957. The van der Waals surface area contributed by atoms with Crippen LogP contribution in [-0.4, -0.2) is 22.4 Å². The van der Waals surface area contributed by atoms with Crippen LogP contribution in [-0.2, 0) is 0 Å². The molecule has 26 heavy (non-hydrogen) atoms. The van der Waals surface area contributed by atoms with Gasteiger partial charge in [0.15, 0.2) is 0 Å². The number of carbonyl (C=O) groups is 1. The molecule has 3 aromatic carbocycles. The Morgan fingerprint density at radius 3 is 2.62 bits per heavy atom. The topological polar surface area (TPSA) is 68.0 Å². The average molecular weight is 361 g/mol. The van der Waals surface area contributed by atoms with Crippen LogP contribution in [0.3, 0.4) is 0 Å². The fourth-order valence-corrected chi connectivity index (χ4v) is 3.38. The number of anilines is 1. The third-order valence-electron chi connectivity index (χ3n) is 4.02. The van der Waals surface area contributed by atoms with E-state index in [-0.39, 0.29) is 11.9 Å². The minimum absolute atomic E-state index is 0.0776. The number of thioether (sulfide) groups is 1. The molecular weight excluding hydrogens is 346 g/mol. The quantitative estimate of drug-likeness (QED) is 0.526. The third kappa shape index (κ3) is 3.07. The second kappa shape index (κ2) is 7.01. The van der Waals surface area contributed by atoms with Crippen LogP contribution >= 0.6 is 11.8 Å². The van der Waals surface area contributed by atoms with Crippen LogP contribution in [0, 0.1) is 0 Å². The SMILES string of the molecule is CSc1ccccc1-c1nnc(NC(=O)c2cccc3ccccc23)o1. The summed E-state index contributed by atoms with van der Waals surface area (Å²) in [4.78, 5) is 13.7. The molecule has 0 radical (unpaired) electrons. The molecule has 0 spiro atoms. The maximum Gasteiger partial charge on any atom is 0.322 e. The fourth-order valence-electron chi connectivity index (χ4n) is 2.79. The first kappa shape index (κ1) is 16.4. The lowest BCUT2D eigenvalue weighted by atomic mass is 10.0. The Balaban J connectivity index is 1.62. The van der Waals surface area contributed by atoms with Crippen molar-refractivity contribution < 1.29 is 9.21 Å². The molecule has 1 aromatic heterocycles. The molecule has 0 aliphatic carbocycles. The number of hydrogen-bond donors (Lipinski definition) is 1. The van der Waals surface area contributed by atoms with Gasteiger partial charge in [-0.2, -0.15) is 0 Å². The first-order valence-corrected chi connectivity index (χ1v) is 9.25. The van der Waals surface area contributed by atoms with E-state index >= 15 is 0 Å². The molecule has 0 saturated heterocycles. The molecule has 5 nitrogen and oxygen atoms in total. The highest BCUT2D eigenvalue weighted by Crippen LogP contribution is 2.30. The molecule has 4 aromatic rings. The molecule has 128 valence electrons. The summed E-state index contributed by atoms with van der Waals surface area (Å²) in [5, 5.41) is 12.6. The predicted octanol–water partition coefficient (Wildman–Crippen LogP) is 4.86. The van der Waals surface area contributed by atoms with Gasteiger partial charge in [-0.05, 0) is 35.2 Å². The largest absolute Gasteiger partial charge is 0.403 e. The smallest absolute Gasteiger partial charge is 0.322 e. The summed E-state index contributed by atoms with van der Waals surface area (Å²) in [7, 11) is 0. The zero-order valence-electron chi connectivity index (χ0n) is 14.0. The zero-order chi connectivity index (χ0) is 17.9. The van der Waals surface area contributed by atoms with Crippen molar-refractivity contribution in [3.8, 4) is 11.5 Å². The van der Waals surface area contributed by atoms with E-state index in [9.17, 15) is 4.79 Å². The normalized spacial score (nSPS) is 10.8. The summed E-state index contributed by atoms with van der Waals surface area (Å²) >= 11 is 1.60. The Morgan fingerprint density at radius 1 is 0.962 bits per heavy atom. The Kier molecular flexibility index (Phi) is 4.41. The number of carbonyl (C=O) groups excluding carboxylic acids is 1. The highest BCUT2D eigenvalue weighted by atomic mass is 32.2. The number of fused-ring (bicyclic) bond motifs is 1. The van der Waals surface area contributed by atoms with Crippen LogP contribution in [0.4, 0.5) is 6.01 Å². The van der Waals surface area contributed by atoms with Gasteiger partial charge in [-0.1, -0.05) is 53.6 Å². The summed E-state index contributed by atoms with van der Waals surface area (Å²) < 4.78 is 5.65. The number of benzene rings is 3. The standard InChI is InChI=1S/C20H15N3O2S/c1-26-17-12-5-4-10-16(17)19-22-23-20(25-19)21-18(24)15-11-6-8-13-7-2-3-9-14(13)15/h2-12H,1H3,(H,21,23,24). The monoisotopic (exact) mass is 361 g/mol. The summed E-state index contributed by atoms with van der Waals surface area (Å²) in [6, 6.07) is 21.2. The number of aromatic nitrogens is 2. The van der Waals surface area contributed by atoms with Crippen LogP contribution in [0.15, 0.2) is 76.0 Å². The second-order valence-electron chi connectivity index (χ2n) is 5.59. The van der Waals surface area contributed by atoms with Gasteiger partial charge in [0.1, 0.15) is 0 Å². The van der Waals surface area contributed by atoms with Crippen LogP contribution in [0.5, 0.6) is 0 Å². The van der Waals surface area contributed by atoms with Crippen molar-refractivity contribution in [2.75, 3.05) is 11.6 Å². The van der Waals surface area contributed by atoms with Gasteiger partial charge in [-0.3, -0.25) is 10.1 Å². The van der Waals surface area contributed by atoms with Gasteiger partial charge in [-0.25, -0.2) is 0 Å². The van der Waals surface area contributed by atoms with Gasteiger partial charge in [0.2, 0.25) is 0 Å². The fraction of sp³-hybridized carbons (Fsp3) is 0.0500. The maximum absolute atomic E-state index is 12.7. The van der Waals surface area contributed by atoms with Gasteiger partial charge >= 0.3 is 6.01 Å². The lowest BCUT2D eigenvalue weighted by molar-refractivity contribution is 0.102. The molecule has 0 saturated carbocycles. The first-order chi connectivity index (χ1) is 12.8. The third-order valence-corrected chi connectivity index (χ3v) is 4.81. The minimum atomic E-state index is -0.282. The molecule has 4 rings (SSSR count). The second-order valence-corrected chi connectivity index (χ2v) is 6.44. The summed E-state index contributed by atoms with van der Waals surface area (Å²) in [6.07, 6.45) is 1.98. The Morgan fingerprint density at radius 2 is 1.73 bits per heavy atom. The van der Waals surface area contributed by atoms with E-state index in [1.165, 1.54) is 0 Å². The highest BCUT2D eigenvalue weighted by molar-refractivity contribution is 7.98. The maximum atomic E-state index is 12.7. The van der Waals surface area contributed by atoms with Gasteiger partial charge < -0.3 is 4.42 Å². The number of nitrogens with one attached hydrogen (secondary N) is 1. The van der Waals surface area contributed by atoms with E-state index in [4.69, 9.17) is 4.42 Å². The van der Waals surface area contributed by atoms with Gasteiger partial charge in [0.05, 0.1) is 5.56 Å². The Bertz CT molecular complexity index is 1090. The van der Waals surface area contributed by atoms with Crippen LogP contribution < -0.4 is 5.32 Å². The van der Waals surface area contributed by atoms with Gasteiger partial charge in [-0.15, -0.1) is 16.9 Å². The number of rotatable bonds is 4. The molecule has 0 bridgehead atoms. The Hall–Kier alpha value is -3.12. The van der Waals surface area contributed by atoms with Crippen LogP contribution in [0.25, 0.3) is 22.2 Å². The van der Waals surface area contributed by atoms with Crippen molar-refractivity contribution >= 4 is 34.5 Å². The molecule has 0 fully saturated rings. The summed E-state index contributed by atoms with van der Waals surface area (Å²) in [5.41, 5.74) is 1.41. The van der Waals surface area contributed by atoms with Crippen molar-refractivity contribution in [1.29, 1.82) is 0 Å². The number of nitrogens with zero attached hydrogens (tertiary/aromatic N) is 2. The lowest BCUT2D eigenvalue weighted by Crippen LogP contribution is -2.12. The van der Waals surface area contributed by atoms with Gasteiger partial charge in [0, 0.05) is 10.5 Å². The van der Waals surface area contributed by atoms with Crippen molar-refractivity contribution in [3.63, 3.8) is 0 Å². The highest BCUT2D eigenvalue weighted by Gasteiger charge is 2.16. The molecule has 1 N–H and O–H groups in total. The number of amides is 1. The van der Waals surface area contributed by atoms with E-state index in [0.29, 0.717) is 11.5 Å². The van der Waals surface area contributed by atoms with E-state index < -0.39 is 0 Å². The molecule has 0 aliphatic rings. The van der Waals surface area contributed by atoms with Crippen molar-refractivity contribution in [2.24, 2.45) is 0 Å². The van der Waals surface area contributed by atoms with Crippen LogP contribution in [0.2, 0.25) is 0 Å². The molecule has 0 aliphatic heterocycles. The molecule has 0 atom stereocenters. The predicted molar refractivity (Wildman–Crippen MR) is 103 cm³/mol. The molecule has 6 heteroatoms. The zero-order valence-corrected chi connectivity index (χ0v) is 14.8. The van der Waals surface area contributed by atoms with Crippen LogP contribution in [0.1, 0.15) is 10.4 Å². The molecule has 1 heterocycles. The van der Waals surface area contributed by atoms with Crippen molar-refractivity contribution in [2.45, 2.75) is 4.90 Å². The Labute approximate surface area is 154 Å². The van der Waals surface area contributed by atoms with Crippen molar-refractivity contribution in [1.82, 2.24) is 10.2 Å². The number of hydrogen-bond acceptors (Lipinski definition) is 5. The summed E-state index contributed by atoms with van der Waals surface area (Å²) in [6.45, 7) is 0. The van der Waals surface area contributed by atoms with E-state index in [1.807, 2.05) is 66.9 Å².